The molecule has 1 saturated carbocycles. The van der Waals surface area contributed by atoms with Crippen LogP contribution in [0.15, 0.2) is 12.1 Å². The van der Waals surface area contributed by atoms with Crippen LogP contribution in [-0.2, 0) is 6.54 Å². The van der Waals surface area contributed by atoms with Crippen LogP contribution in [-0.4, -0.2) is 13.7 Å². The summed E-state index contributed by atoms with van der Waals surface area (Å²) in [6.45, 7) is 0.895. The van der Waals surface area contributed by atoms with Gasteiger partial charge in [0.2, 0.25) is 0 Å². The molecule has 0 amide bonds. The van der Waals surface area contributed by atoms with Crippen molar-refractivity contribution in [2.24, 2.45) is 5.92 Å². The van der Waals surface area contributed by atoms with Crippen molar-refractivity contribution < 1.29 is 13.5 Å². The topological polar surface area (TPSA) is 21.3 Å². The highest BCUT2D eigenvalue weighted by Gasteiger charge is 2.18. The molecular formula is C14H19F2NO. The van der Waals surface area contributed by atoms with Crippen molar-refractivity contribution in [1.82, 2.24) is 5.32 Å². The fourth-order valence-electron chi connectivity index (χ4n) is 2.44. The highest BCUT2D eigenvalue weighted by atomic mass is 19.1. The molecule has 0 aliphatic heterocycles. The lowest BCUT2D eigenvalue weighted by Gasteiger charge is -2.15. The maximum atomic E-state index is 13.6. The third-order valence-corrected chi connectivity index (χ3v) is 3.42. The van der Waals surface area contributed by atoms with E-state index in [0.29, 0.717) is 30.4 Å². The van der Waals surface area contributed by atoms with Gasteiger partial charge in [-0.2, -0.15) is 0 Å². The van der Waals surface area contributed by atoms with E-state index < -0.39 is 11.6 Å². The number of benzene rings is 1. The summed E-state index contributed by atoms with van der Waals surface area (Å²) in [5.41, 5.74) is 0.400. The molecule has 0 heterocycles. The van der Waals surface area contributed by atoms with Gasteiger partial charge in [0.25, 0.3) is 0 Å². The quantitative estimate of drug-likeness (QED) is 0.872. The minimum absolute atomic E-state index is 0.328. The molecule has 1 fully saturated rings. The molecule has 1 aromatic rings. The first kappa shape index (κ1) is 13.3. The Labute approximate surface area is 106 Å². The van der Waals surface area contributed by atoms with Crippen molar-refractivity contribution in [2.45, 2.75) is 32.2 Å². The van der Waals surface area contributed by atoms with Gasteiger partial charge in [-0.15, -0.1) is 0 Å². The lowest BCUT2D eigenvalue weighted by molar-refractivity contribution is 0.247. The standard InChI is InChI=1S/C14H19F2NO/c1-17-8-12-13(16)6-11(15)7-14(12)18-9-10-4-2-3-5-10/h6-7,10,17H,2-5,8-9H2,1H3. The monoisotopic (exact) mass is 255 g/mol. The average molecular weight is 255 g/mol. The predicted molar refractivity (Wildman–Crippen MR) is 66.6 cm³/mol. The van der Waals surface area contributed by atoms with Crippen LogP contribution in [0.1, 0.15) is 31.2 Å². The van der Waals surface area contributed by atoms with E-state index in [0.717, 1.165) is 18.9 Å². The minimum atomic E-state index is -0.589. The molecule has 0 spiro atoms. The van der Waals surface area contributed by atoms with Crippen molar-refractivity contribution in [1.29, 1.82) is 0 Å². The van der Waals surface area contributed by atoms with Crippen LogP contribution < -0.4 is 10.1 Å². The normalized spacial score (nSPS) is 16.2. The van der Waals surface area contributed by atoms with Crippen LogP contribution in [0.5, 0.6) is 5.75 Å². The van der Waals surface area contributed by atoms with E-state index >= 15 is 0 Å². The molecule has 1 N–H and O–H groups in total. The van der Waals surface area contributed by atoms with E-state index in [9.17, 15) is 8.78 Å². The Bertz CT molecular complexity index is 403. The third kappa shape index (κ3) is 3.19. The molecule has 2 nitrogen and oxygen atoms in total. The van der Waals surface area contributed by atoms with Crippen LogP contribution in [0.4, 0.5) is 8.78 Å². The van der Waals surface area contributed by atoms with Gasteiger partial charge in [0.05, 0.1) is 6.61 Å². The number of halogens is 2. The zero-order valence-corrected chi connectivity index (χ0v) is 10.6. The van der Waals surface area contributed by atoms with Crippen LogP contribution >= 0.6 is 0 Å². The highest BCUT2D eigenvalue weighted by Crippen LogP contribution is 2.28. The van der Waals surface area contributed by atoms with E-state index in [-0.39, 0.29) is 0 Å². The molecule has 0 atom stereocenters. The molecule has 0 saturated heterocycles. The van der Waals surface area contributed by atoms with E-state index in [1.54, 1.807) is 7.05 Å². The molecule has 0 bridgehead atoms. The Kier molecular flexibility index (Phi) is 4.53. The molecule has 0 aromatic heterocycles. The van der Waals surface area contributed by atoms with Crippen LogP contribution in [0, 0.1) is 17.6 Å². The average Bonchev–Trinajstić information content (AvgIpc) is 2.83. The summed E-state index contributed by atoms with van der Waals surface area (Å²) in [7, 11) is 1.73. The second-order valence-electron chi connectivity index (χ2n) is 4.86. The first-order valence-electron chi connectivity index (χ1n) is 6.46. The molecule has 0 radical (unpaired) electrons. The minimum Gasteiger partial charge on any atom is -0.493 e. The summed E-state index contributed by atoms with van der Waals surface area (Å²) >= 11 is 0. The second kappa shape index (κ2) is 6.14. The van der Waals surface area contributed by atoms with E-state index in [1.165, 1.54) is 18.9 Å². The maximum Gasteiger partial charge on any atom is 0.134 e. The molecule has 1 aromatic carbocycles. The molecule has 1 aliphatic carbocycles. The molecule has 0 unspecified atom stereocenters. The number of hydrogen-bond acceptors (Lipinski definition) is 2. The molecule has 18 heavy (non-hydrogen) atoms. The summed E-state index contributed by atoms with van der Waals surface area (Å²) in [4.78, 5) is 0. The van der Waals surface area contributed by atoms with Crippen molar-refractivity contribution in [2.75, 3.05) is 13.7 Å². The molecule has 100 valence electrons. The lowest BCUT2D eigenvalue weighted by atomic mass is 10.1. The summed E-state index contributed by atoms with van der Waals surface area (Å²) in [5.74, 6) is -0.285. The first-order valence-corrected chi connectivity index (χ1v) is 6.46. The third-order valence-electron chi connectivity index (χ3n) is 3.42. The largest absolute Gasteiger partial charge is 0.493 e. The van der Waals surface area contributed by atoms with Crippen LogP contribution in [0.2, 0.25) is 0 Å². The Balaban J connectivity index is 2.08. The Hall–Kier alpha value is -1.16. The van der Waals surface area contributed by atoms with Gasteiger partial charge in [-0.3, -0.25) is 0 Å². The van der Waals surface area contributed by atoms with E-state index in [2.05, 4.69) is 5.32 Å². The Morgan fingerprint density at radius 3 is 2.67 bits per heavy atom. The lowest BCUT2D eigenvalue weighted by Crippen LogP contribution is -2.13. The maximum absolute atomic E-state index is 13.6. The van der Waals surface area contributed by atoms with Gasteiger partial charge in [0.15, 0.2) is 0 Å². The van der Waals surface area contributed by atoms with E-state index in [1.807, 2.05) is 0 Å². The number of ether oxygens (including phenoxy) is 1. The summed E-state index contributed by atoms with van der Waals surface area (Å²) < 4.78 is 32.5. The second-order valence-corrected chi connectivity index (χ2v) is 4.86. The summed E-state index contributed by atoms with van der Waals surface area (Å²) in [6, 6.07) is 2.17. The van der Waals surface area contributed by atoms with Gasteiger partial charge < -0.3 is 10.1 Å². The Morgan fingerprint density at radius 2 is 2.00 bits per heavy atom. The Morgan fingerprint density at radius 1 is 1.28 bits per heavy atom. The molecule has 4 heteroatoms. The predicted octanol–water partition coefficient (Wildman–Crippen LogP) is 3.25. The zero-order chi connectivity index (χ0) is 13.0. The van der Waals surface area contributed by atoms with Gasteiger partial charge in [-0.05, 0) is 25.8 Å². The summed E-state index contributed by atoms with van der Waals surface area (Å²) in [6.07, 6.45) is 4.77. The van der Waals surface area contributed by atoms with Crippen molar-refractivity contribution in [3.63, 3.8) is 0 Å². The van der Waals surface area contributed by atoms with Crippen LogP contribution in [0.25, 0.3) is 0 Å². The molecular weight excluding hydrogens is 236 g/mol. The molecule has 1 aliphatic rings. The van der Waals surface area contributed by atoms with Gasteiger partial charge >= 0.3 is 0 Å². The van der Waals surface area contributed by atoms with Gasteiger partial charge in [0, 0.05) is 24.2 Å². The first-order chi connectivity index (χ1) is 8.70. The van der Waals surface area contributed by atoms with Crippen molar-refractivity contribution >= 4 is 0 Å². The fourth-order valence-corrected chi connectivity index (χ4v) is 2.44. The molecule has 2 rings (SSSR count). The van der Waals surface area contributed by atoms with Gasteiger partial charge in [-0.25, -0.2) is 8.78 Å². The van der Waals surface area contributed by atoms with Gasteiger partial charge in [-0.1, -0.05) is 12.8 Å². The van der Waals surface area contributed by atoms with Crippen molar-refractivity contribution in [3.05, 3.63) is 29.3 Å². The van der Waals surface area contributed by atoms with Crippen molar-refractivity contribution in [3.8, 4) is 5.75 Å². The smallest absolute Gasteiger partial charge is 0.134 e. The summed E-state index contributed by atoms with van der Waals surface area (Å²) in [5, 5.41) is 2.87. The van der Waals surface area contributed by atoms with Crippen LogP contribution in [0.3, 0.4) is 0 Å². The van der Waals surface area contributed by atoms with Gasteiger partial charge in [0.1, 0.15) is 17.4 Å². The zero-order valence-electron chi connectivity index (χ0n) is 10.6. The number of hydrogen-bond donors (Lipinski definition) is 1. The SMILES string of the molecule is CNCc1c(F)cc(F)cc1OCC1CCCC1. The van der Waals surface area contributed by atoms with E-state index in [4.69, 9.17) is 4.74 Å². The fraction of sp³-hybridized carbons (Fsp3) is 0.571. The highest BCUT2D eigenvalue weighted by molar-refractivity contribution is 5.35. The number of nitrogens with one attached hydrogen (secondary N) is 1. The number of rotatable bonds is 5.